The zero-order valence-electron chi connectivity index (χ0n) is 16.4. The van der Waals surface area contributed by atoms with Crippen LogP contribution >= 0.6 is 11.8 Å². The Balaban J connectivity index is 1.35. The number of sulfonamides is 1. The predicted molar refractivity (Wildman–Crippen MR) is 113 cm³/mol. The number of aromatic nitrogens is 2. The molecule has 1 aliphatic rings. The molecule has 0 atom stereocenters. The Hall–Kier alpha value is -2.43. The molecule has 10 heteroatoms. The fraction of sp³-hybridized carbons (Fsp3) is 0.300. The van der Waals surface area contributed by atoms with E-state index in [1.165, 1.54) is 28.2 Å². The van der Waals surface area contributed by atoms with Crippen LogP contribution in [0.1, 0.15) is 0 Å². The lowest BCUT2D eigenvalue weighted by Crippen LogP contribution is -2.50. The maximum atomic E-state index is 13.1. The number of benzene rings is 2. The molecular weight excluding hydrogens is 427 g/mol. The van der Waals surface area contributed by atoms with Crippen LogP contribution in [-0.4, -0.2) is 65.0 Å². The van der Waals surface area contributed by atoms with Crippen LogP contribution in [0.4, 0.5) is 4.39 Å². The molecule has 3 aromatic rings. The second kappa shape index (κ2) is 8.37. The number of amides is 1. The summed E-state index contributed by atoms with van der Waals surface area (Å²) in [5.41, 5.74) is 1.89. The van der Waals surface area contributed by atoms with Gasteiger partial charge in [-0.15, -0.1) is 0 Å². The molecule has 1 aliphatic heterocycles. The number of carbonyl (C=O) groups is 1. The largest absolute Gasteiger partial charge is 0.339 e. The number of aryl methyl sites for hydroxylation is 1. The third-order valence-electron chi connectivity index (χ3n) is 5.11. The van der Waals surface area contributed by atoms with E-state index in [0.717, 1.165) is 28.3 Å². The maximum Gasteiger partial charge on any atom is 0.243 e. The Labute approximate surface area is 178 Å². The fourth-order valence-electron chi connectivity index (χ4n) is 3.40. The molecule has 1 amide bonds. The second-order valence-corrected chi connectivity index (χ2v) is 9.85. The molecule has 0 spiro atoms. The molecule has 0 radical (unpaired) electrons. The third-order valence-corrected chi connectivity index (χ3v) is 8.04. The minimum absolute atomic E-state index is 0.0501. The van der Waals surface area contributed by atoms with E-state index < -0.39 is 15.8 Å². The van der Waals surface area contributed by atoms with E-state index in [1.807, 2.05) is 35.9 Å². The number of fused-ring (bicyclic) bond motifs is 1. The highest BCUT2D eigenvalue weighted by molar-refractivity contribution is 7.99. The predicted octanol–water partition coefficient (Wildman–Crippen LogP) is 2.34. The van der Waals surface area contributed by atoms with Crippen molar-refractivity contribution in [1.29, 1.82) is 0 Å². The van der Waals surface area contributed by atoms with Gasteiger partial charge in [-0.3, -0.25) is 4.79 Å². The third kappa shape index (κ3) is 4.07. The molecule has 1 saturated heterocycles. The SMILES string of the molecule is Cn1c(SCC(=O)N2CCN(S(=O)(=O)c3ccc(F)cc3)CC2)nc2ccccc21. The summed E-state index contributed by atoms with van der Waals surface area (Å²) in [6.07, 6.45) is 0. The van der Waals surface area contributed by atoms with E-state index in [1.54, 1.807) is 4.90 Å². The molecule has 0 saturated carbocycles. The Morgan fingerprint density at radius 1 is 1.07 bits per heavy atom. The molecule has 30 heavy (non-hydrogen) atoms. The summed E-state index contributed by atoms with van der Waals surface area (Å²) in [5.74, 6) is -0.296. The molecule has 0 aliphatic carbocycles. The van der Waals surface area contributed by atoms with Crippen LogP contribution in [0.2, 0.25) is 0 Å². The highest BCUT2D eigenvalue weighted by atomic mass is 32.2. The Bertz CT molecular complexity index is 1170. The molecule has 4 rings (SSSR count). The van der Waals surface area contributed by atoms with Crippen molar-refractivity contribution in [3.63, 3.8) is 0 Å². The van der Waals surface area contributed by atoms with Crippen LogP contribution in [0, 0.1) is 5.82 Å². The van der Waals surface area contributed by atoms with Crippen LogP contribution in [0.15, 0.2) is 58.6 Å². The van der Waals surface area contributed by atoms with Crippen molar-refractivity contribution >= 4 is 38.7 Å². The standard InChI is InChI=1S/C20H21FN4O3S2/c1-23-18-5-3-2-4-17(18)22-20(23)29-14-19(26)24-10-12-25(13-11-24)30(27,28)16-8-6-15(21)7-9-16/h2-9H,10-14H2,1H3. The topological polar surface area (TPSA) is 75.5 Å². The lowest BCUT2D eigenvalue weighted by molar-refractivity contribution is -0.129. The van der Waals surface area contributed by atoms with Crippen molar-refractivity contribution in [3.05, 3.63) is 54.3 Å². The number of halogens is 1. The van der Waals surface area contributed by atoms with E-state index in [2.05, 4.69) is 4.98 Å². The number of carbonyl (C=O) groups excluding carboxylic acids is 1. The number of hydrogen-bond donors (Lipinski definition) is 0. The molecule has 7 nitrogen and oxygen atoms in total. The first-order valence-corrected chi connectivity index (χ1v) is 11.9. The van der Waals surface area contributed by atoms with Gasteiger partial charge < -0.3 is 9.47 Å². The Morgan fingerprint density at radius 2 is 1.73 bits per heavy atom. The van der Waals surface area contributed by atoms with Crippen molar-refractivity contribution in [3.8, 4) is 0 Å². The van der Waals surface area contributed by atoms with Gasteiger partial charge in [0.15, 0.2) is 5.16 Å². The summed E-state index contributed by atoms with van der Waals surface area (Å²) in [6, 6.07) is 12.6. The molecule has 2 heterocycles. The fourth-order valence-corrected chi connectivity index (χ4v) is 5.72. The Morgan fingerprint density at radius 3 is 2.40 bits per heavy atom. The molecule has 158 valence electrons. The lowest BCUT2D eigenvalue weighted by atomic mass is 10.3. The van der Waals surface area contributed by atoms with Crippen LogP contribution in [0.5, 0.6) is 0 Å². The summed E-state index contributed by atoms with van der Waals surface area (Å²) in [7, 11) is -1.78. The van der Waals surface area contributed by atoms with E-state index in [9.17, 15) is 17.6 Å². The monoisotopic (exact) mass is 448 g/mol. The first-order chi connectivity index (χ1) is 14.4. The molecular formula is C20H21FN4O3S2. The summed E-state index contributed by atoms with van der Waals surface area (Å²) < 4.78 is 41.8. The van der Waals surface area contributed by atoms with Gasteiger partial charge in [0.1, 0.15) is 5.82 Å². The summed E-state index contributed by atoms with van der Waals surface area (Å²) in [4.78, 5) is 18.9. The number of thioether (sulfide) groups is 1. The lowest BCUT2D eigenvalue weighted by Gasteiger charge is -2.34. The van der Waals surface area contributed by atoms with Crippen LogP contribution in [0.25, 0.3) is 11.0 Å². The normalized spacial score (nSPS) is 15.6. The molecule has 0 N–H and O–H groups in total. The van der Waals surface area contributed by atoms with Crippen molar-refractivity contribution in [2.24, 2.45) is 7.05 Å². The quantitative estimate of drug-likeness (QED) is 0.560. The van der Waals surface area contributed by atoms with E-state index >= 15 is 0 Å². The van der Waals surface area contributed by atoms with Crippen LogP contribution in [-0.2, 0) is 21.9 Å². The van der Waals surface area contributed by atoms with Crippen molar-refractivity contribution in [1.82, 2.24) is 18.8 Å². The summed E-state index contributed by atoms with van der Waals surface area (Å²) in [5, 5.41) is 0.766. The first kappa shape index (κ1) is 20.8. The van der Waals surface area contributed by atoms with Crippen LogP contribution < -0.4 is 0 Å². The van der Waals surface area contributed by atoms with Gasteiger partial charge >= 0.3 is 0 Å². The molecule has 0 bridgehead atoms. The summed E-state index contributed by atoms with van der Waals surface area (Å²) in [6.45, 7) is 1.07. The average Bonchev–Trinajstić information content (AvgIpc) is 3.08. The number of hydrogen-bond acceptors (Lipinski definition) is 5. The van der Waals surface area contributed by atoms with E-state index in [-0.39, 0.29) is 29.6 Å². The molecule has 2 aromatic carbocycles. The summed E-state index contributed by atoms with van der Waals surface area (Å²) >= 11 is 1.37. The number of piperazine rings is 1. The van der Waals surface area contributed by atoms with Gasteiger partial charge in [-0.25, -0.2) is 17.8 Å². The van der Waals surface area contributed by atoms with Crippen molar-refractivity contribution in [2.45, 2.75) is 10.1 Å². The van der Waals surface area contributed by atoms with E-state index in [0.29, 0.717) is 13.1 Å². The van der Waals surface area contributed by atoms with Crippen LogP contribution in [0.3, 0.4) is 0 Å². The van der Waals surface area contributed by atoms with Gasteiger partial charge in [0.25, 0.3) is 0 Å². The minimum Gasteiger partial charge on any atom is -0.339 e. The molecule has 0 unspecified atom stereocenters. The van der Waals surface area contributed by atoms with Gasteiger partial charge in [0, 0.05) is 33.2 Å². The zero-order chi connectivity index (χ0) is 21.3. The maximum absolute atomic E-state index is 13.1. The van der Waals surface area contributed by atoms with Crippen molar-refractivity contribution < 1.29 is 17.6 Å². The first-order valence-electron chi connectivity index (χ1n) is 9.44. The van der Waals surface area contributed by atoms with Gasteiger partial charge in [-0.2, -0.15) is 4.31 Å². The van der Waals surface area contributed by atoms with E-state index in [4.69, 9.17) is 0 Å². The minimum atomic E-state index is -3.69. The average molecular weight is 449 g/mol. The number of imidazole rings is 1. The van der Waals surface area contributed by atoms with Gasteiger partial charge in [0.2, 0.25) is 15.9 Å². The van der Waals surface area contributed by atoms with Crippen molar-refractivity contribution in [2.75, 3.05) is 31.9 Å². The van der Waals surface area contributed by atoms with Gasteiger partial charge in [-0.05, 0) is 36.4 Å². The molecule has 1 fully saturated rings. The Kier molecular flexibility index (Phi) is 5.81. The zero-order valence-corrected chi connectivity index (χ0v) is 18.0. The molecule has 1 aromatic heterocycles. The number of rotatable bonds is 5. The smallest absolute Gasteiger partial charge is 0.243 e. The number of para-hydroxylation sites is 2. The highest BCUT2D eigenvalue weighted by Crippen LogP contribution is 2.23. The van der Waals surface area contributed by atoms with Gasteiger partial charge in [0.05, 0.1) is 21.7 Å². The number of nitrogens with zero attached hydrogens (tertiary/aromatic N) is 4. The highest BCUT2D eigenvalue weighted by Gasteiger charge is 2.30. The second-order valence-electron chi connectivity index (χ2n) is 6.97. The van der Waals surface area contributed by atoms with Gasteiger partial charge in [-0.1, -0.05) is 23.9 Å².